The molecule has 2 N–H and O–H groups in total. The fourth-order valence-corrected chi connectivity index (χ4v) is 3.57. The summed E-state index contributed by atoms with van der Waals surface area (Å²) in [4.78, 5) is 18.8. The van der Waals surface area contributed by atoms with E-state index in [1.807, 2.05) is 19.9 Å². The molecule has 2 rings (SSSR count). The van der Waals surface area contributed by atoms with Crippen LogP contribution in [0.1, 0.15) is 52.4 Å². The van der Waals surface area contributed by atoms with Gasteiger partial charge in [0.15, 0.2) is 11.4 Å². The van der Waals surface area contributed by atoms with Crippen LogP contribution in [0.15, 0.2) is 46.8 Å². The van der Waals surface area contributed by atoms with Crippen LogP contribution in [0.25, 0.3) is 9.69 Å². The second-order valence-electron chi connectivity index (χ2n) is 7.84. The van der Waals surface area contributed by atoms with Crippen LogP contribution in [0.2, 0.25) is 0 Å². The number of aliphatic hydroxyl groups excluding tert-OH is 2. The van der Waals surface area contributed by atoms with E-state index in [-0.39, 0.29) is 23.7 Å². The molecule has 0 spiro atoms. The molecule has 2 atom stereocenters. The average Bonchev–Trinajstić information content (AvgIpc) is 2.68. The van der Waals surface area contributed by atoms with Gasteiger partial charge in [0, 0.05) is 6.08 Å². The number of nitrogens with zero attached hydrogens (tertiary/aromatic N) is 2. The van der Waals surface area contributed by atoms with E-state index in [0.29, 0.717) is 18.5 Å². The van der Waals surface area contributed by atoms with Gasteiger partial charge < -0.3 is 14.9 Å². The summed E-state index contributed by atoms with van der Waals surface area (Å²) in [7, 11) is 0. The highest BCUT2D eigenvalue weighted by Gasteiger charge is 2.24. The van der Waals surface area contributed by atoms with Crippen molar-refractivity contribution in [2.24, 2.45) is 5.92 Å². The minimum absolute atomic E-state index is 0.102. The normalized spacial score (nSPS) is 27.9. The number of carbonyl (C=O) groups excluding carboxylic acids is 1. The molecule has 0 aromatic heterocycles. The largest absolute Gasteiger partial charge is 0.459 e. The van der Waals surface area contributed by atoms with E-state index in [2.05, 4.69) is 9.69 Å². The van der Waals surface area contributed by atoms with Crippen molar-refractivity contribution < 1.29 is 19.7 Å². The van der Waals surface area contributed by atoms with Gasteiger partial charge in [0.05, 0.1) is 25.4 Å². The number of carbonyl (C=O) groups is 1. The molecule has 0 aromatic carbocycles. The minimum Gasteiger partial charge on any atom is -0.459 e. The Morgan fingerprint density at radius 2 is 1.76 bits per heavy atom. The number of aliphatic hydroxyl groups is 2. The third kappa shape index (κ3) is 7.02. The first-order valence-corrected chi connectivity index (χ1v) is 9.93. The number of hydrogen-bond donors (Lipinski definition) is 2. The number of allylic oxidation sites excluding steroid dienone is 4. The Balaban J connectivity index is 2.03. The van der Waals surface area contributed by atoms with Crippen molar-refractivity contribution >= 4 is 5.97 Å². The Kier molecular flexibility index (Phi) is 8.39. The van der Waals surface area contributed by atoms with E-state index < -0.39 is 12.2 Å². The Morgan fingerprint density at radius 1 is 1.10 bits per heavy atom. The molecule has 6 heteroatoms. The van der Waals surface area contributed by atoms with Crippen LogP contribution in [-0.2, 0) is 9.53 Å². The second kappa shape index (κ2) is 10.8. The third-order valence-electron chi connectivity index (χ3n) is 5.14. The highest BCUT2D eigenvalue weighted by atomic mass is 16.5. The van der Waals surface area contributed by atoms with Crippen LogP contribution in [0.3, 0.4) is 0 Å². The zero-order valence-corrected chi connectivity index (χ0v) is 17.0. The quantitative estimate of drug-likeness (QED) is 0.317. The smallest absolute Gasteiger partial charge is 0.330 e. The first kappa shape index (κ1) is 22.6. The summed E-state index contributed by atoms with van der Waals surface area (Å²) in [5, 5.41) is 19.4. The van der Waals surface area contributed by atoms with E-state index in [1.54, 1.807) is 12.2 Å². The van der Waals surface area contributed by atoms with Crippen LogP contribution < -0.4 is 0 Å². The first-order valence-electron chi connectivity index (χ1n) is 9.93. The van der Waals surface area contributed by atoms with Gasteiger partial charge in [-0.3, -0.25) is 9.69 Å². The number of ether oxygens (including phenoxy) is 1. The lowest BCUT2D eigenvalue weighted by atomic mass is 9.86. The van der Waals surface area contributed by atoms with Crippen molar-refractivity contribution in [3.05, 3.63) is 69.7 Å². The lowest BCUT2D eigenvalue weighted by Gasteiger charge is -2.26. The molecule has 0 unspecified atom stereocenters. The fraction of sp³-hybridized carbons (Fsp3) is 0.522. The van der Waals surface area contributed by atoms with Gasteiger partial charge in [-0.25, -0.2) is 4.79 Å². The fourth-order valence-electron chi connectivity index (χ4n) is 3.57. The summed E-state index contributed by atoms with van der Waals surface area (Å²) in [5.41, 5.74) is 2.23. The van der Waals surface area contributed by atoms with Crippen molar-refractivity contribution in [2.45, 2.75) is 70.7 Å². The molecule has 1 saturated carbocycles. The molecule has 0 aromatic rings. The minimum atomic E-state index is -0.938. The van der Waals surface area contributed by atoms with Crippen molar-refractivity contribution in [3.8, 4) is 0 Å². The standard InChI is InChI=1S/C23H28N2O4/c1-15(2)11-23(28)29-18-8-5-16(6-9-18)12-19(24-3)20(25-4)13-17-7-10-21(26)22(27)14-17/h11-14,16,18,21-22,26-27H,5-10H2,1-2H3/b19-12-,20-13-/t16?,18?,21-,22-/m0/s1. The SMILES string of the molecule is [C-]#[N+]C(=C\C1=C[C@H](O)[C@@H](O)CC1)/C(=C/C1CCC(OC(=O)C=C(C)C)CC1)[N+]#[C-]. The van der Waals surface area contributed by atoms with E-state index >= 15 is 0 Å². The topological polar surface area (TPSA) is 75.5 Å². The highest BCUT2D eigenvalue weighted by molar-refractivity contribution is 5.82. The third-order valence-corrected chi connectivity index (χ3v) is 5.14. The molecule has 2 aliphatic carbocycles. The zero-order valence-electron chi connectivity index (χ0n) is 17.0. The molecule has 1 fully saturated rings. The Labute approximate surface area is 172 Å². The molecule has 2 aliphatic rings. The van der Waals surface area contributed by atoms with Gasteiger partial charge in [-0.1, -0.05) is 29.4 Å². The van der Waals surface area contributed by atoms with E-state index in [0.717, 1.165) is 36.8 Å². The molecule has 0 saturated heterocycles. The zero-order chi connectivity index (χ0) is 21.4. The lowest BCUT2D eigenvalue weighted by Crippen LogP contribution is -2.27. The van der Waals surface area contributed by atoms with Crippen molar-refractivity contribution in [3.63, 3.8) is 0 Å². The van der Waals surface area contributed by atoms with Gasteiger partial charge in [0.2, 0.25) is 0 Å². The summed E-state index contributed by atoms with van der Waals surface area (Å²) in [6.45, 7) is 18.6. The van der Waals surface area contributed by atoms with Gasteiger partial charge in [0.25, 0.3) is 0 Å². The molecular weight excluding hydrogens is 368 g/mol. The summed E-state index contributed by atoms with van der Waals surface area (Å²) in [6, 6.07) is 0. The molecule has 29 heavy (non-hydrogen) atoms. The van der Waals surface area contributed by atoms with E-state index in [9.17, 15) is 15.0 Å². The van der Waals surface area contributed by atoms with E-state index in [1.165, 1.54) is 6.08 Å². The highest BCUT2D eigenvalue weighted by Crippen LogP contribution is 2.31. The summed E-state index contributed by atoms with van der Waals surface area (Å²) in [6.07, 6.45) is 8.77. The number of hydrogen-bond acceptors (Lipinski definition) is 4. The predicted octanol–water partition coefficient (Wildman–Crippen LogP) is 4.10. The second-order valence-corrected chi connectivity index (χ2v) is 7.84. The summed E-state index contributed by atoms with van der Waals surface area (Å²) in [5.74, 6) is -0.146. The van der Waals surface area contributed by atoms with Gasteiger partial charge in [-0.2, -0.15) is 0 Å². The van der Waals surface area contributed by atoms with Gasteiger partial charge >= 0.3 is 5.97 Å². The van der Waals surface area contributed by atoms with Crippen molar-refractivity contribution in [1.29, 1.82) is 0 Å². The molecule has 154 valence electrons. The van der Waals surface area contributed by atoms with Crippen LogP contribution in [0.5, 0.6) is 0 Å². The average molecular weight is 396 g/mol. The Hall–Kier alpha value is -2.67. The van der Waals surface area contributed by atoms with Crippen LogP contribution >= 0.6 is 0 Å². The Bertz CT molecular complexity index is 811. The summed E-state index contributed by atoms with van der Waals surface area (Å²) < 4.78 is 5.46. The molecule has 0 heterocycles. The van der Waals surface area contributed by atoms with Gasteiger partial charge in [0.1, 0.15) is 6.10 Å². The number of esters is 1. The number of rotatable bonds is 5. The van der Waals surface area contributed by atoms with Crippen LogP contribution in [0.4, 0.5) is 0 Å². The Morgan fingerprint density at radius 3 is 2.31 bits per heavy atom. The van der Waals surface area contributed by atoms with Gasteiger partial charge in [-0.05, 0) is 58.3 Å². The van der Waals surface area contributed by atoms with Gasteiger partial charge in [-0.15, -0.1) is 0 Å². The van der Waals surface area contributed by atoms with Crippen molar-refractivity contribution in [2.75, 3.05) is 0 Å². The molecular formula is C23H28N2O4. The maximum Gasteiger partial charge on any atom is 0.330 e. The monoisotopic (exact) mass is 396 g/mol. The van der Waals surface area contributed by atoms with Crippen molar-refractivity contribution in [1.82, 2.24) is 0 Å². The maximum atomic E-state index is 11.8. The first-order chi connectivity index (χ1) is 13.8. The van der Waals surface area contributed by atoms with Crippen LogP contribution in [-0.4, -0.2) is 34.5 Å². The van der Waals surface area contributed by atoms with E-state index in [4.69, 9.17) is 17.9 Å². The molecule has 0 radical (unpaired) electrons. The predicted molar refractivity (Wildman–Crippen MR) is 110 cm³/mol. The van der Waals surface area contributed by atoms with Crippen LogP contribution in [0, 0.1) is 19.1 Å². The maximum absolute atomic E-state index is 11.8. The molecule has 0 amide bonds. The molecule has 0 bridgehead atoms. The molecule has 6 nitrogen and oxygen atoms in total. The lowest BCUT2D eigenvalue weighted by molar-refractivity contribution is -0.144. The molecule has 0 aliphatic heterocycles. The summed E-state index contributed by atoms with van der Waals surface area (Å²) >= 11 is 0.